The Labute approximate surface area is 112 Å². The van der Waals surface area contributed by atoms with E-state index < -0.39 is 0 Å². The summed E-state index contributed by atoms with van der Waals surface area (Å²) in [5.41, 5.74) is 15.7. The first-order valence-electron chi connectivity index (χ1n) is 6.02. The Bertz CT molecular complexity index is 480. The van der Waals surface area contributed by atoms with Crippen molar-refractivity contribution in [3.8, 4) is 5.75 Å². The normalized spacial score (nSPS) is 14.3. The highest BCUT2D eigenvalue weighted by Crippen LogP contribution is 2.36. The van der Waals surface area contributed by atoms with Crippen LogP contribution in [0.2, 0.25) is 0 Å². The van der Waals surface area contributed by atoms with E-state index in [9.17, 15) is 0 Å². The predicted octanol–water partition coefficient (Wildman–Crippen LogP) is 2.00. The lowest BCUT2D eigenvalue weighted by Crippen LogP contribution is -2.01. The van der Waals surface area contributed by atoms with Gasteiger partial charge in [-0.2, -0.15) is 0 Å². The first kappa shape index (κ1) is 14.9. The number of ether oxygens (including phenoxy) is 1. The third-order valence-electron chi connectivity index (χ3n) is 2.91. The highest BCUT2D eigenvalue weighted by Gasteiger charge is 2.24. The summed E-state index contributed by atoms with van der Waals surface area (Å²) < 4.78 is 5.23. The fourth-order valence-electron chi connectivity index (χ4n) is 1.79. The SMILES string of the molecule is COc1cc(C)cc(/C=C(\N)C2CC2)c1N.O=CO. The summed E-state index contributed by atoms with van der Waals surface area (Å²) in [6, 6.07) is 3.97. The number of carboxylic acid groups (broad SMARTS) is 1. The van der Waals surface area contributed by atoms with E-state index in [4.69, 9.17) is 26.1 Å². The molecule has 0 bridgehead atoms. The van der Waals surface area contributed by atoms with Crippen LogP contribution in [0.15, 0.2) is 17.8 Å². The van der Waals surface area contributed by atoms with Crippen LogP contribution in [0, 0.1) is 12.8 Å². The van der Waals surface area contributed by atoms with Crippen LogP contribution in [0.1, 0.15) is 24.0 Å². The molecule has 2 rings (SSSR count). The van der Waals surface area contributed by atoms with Gasteiger partial charge in [-0.05, 0) is 49.5 Å². The highest BCUT2D eigenvalue weighted by molar-refractivity contribution is 5.72. The van der Waals surface area contributed by atoms with Crippen molar-refractivity contribution >= 4 is 18.2 Å². The lowest BCUT2D eigenvalue weighted by atomic mass is 10.1. The summed E-state index contributed by atoms with van der Waals surface area (Å²) in [6.07, 6.45) is 4.37. The fraction of sp³-hybridized carbons (Fsp3) is 0.357. The molecule has 104 valence electrons. The fourth-order valence-corrected chi connectivity index (χ4v) is 1.79. The summed E-state index contributed by atoms with van der Waals surface area (Å²) in [6.45, 7) is 1.77. The van der Waals surface area contributed by atoms with Crippen molar-refractivity contribution in [3.05, 3.63) is 29.0 Å². The number of methoxy groups -OCH3 is 1. The first-order valence-corrected chi connectivity index (χ1v) is 6.02. The van der Waals surface area contributed by atoms with Crippen LogP contribution in [-0.2, 0) is 4.79 Å². The molecule has 1 aromatic rings. The third-order valence-corrected chi connectivity index (χ3v) is 2.91. The maximum atomic E-state index is 8.36. The van der Waals surface area contributed by atoms with E-state index in [-0.39, 0.29) is 6.47 Å². The molecule has 0 radical (unpaired) electrons. The number of nitrogen functional groups attached to an aromatic ring is 1. The van der Waals surface area contributed by atoms with Crippen LogP contribution in [0.5, 0.6) is 5.75 Å². The predicted molar refractivity (Wildman–Crippen MR) is 75.7 cm³/mol. The van der Waals surface area contributed by atoms with Crippen molar-refractivity contribution in [2.24, 2.45) is 11.7 Å². The van der Waals surface area contributed by atoms with E-state index in [1.165, 1.54) is 12.8 Å². The van der Waals surface area contributed by atoms with Crippen LogP contribution < -0.4 is 16.2 Å². The molecule has 1 fully saturated rings. The van der Waals surface area contributed by atoms with Gasteiger partial charge in [0.05, 0.1) is 12.8 Å². The van der Waals surface area contributed by atoms with Gasteiger partial charge in [0, 0.05) is 11.3 Å². The van der Waals surface area contributed by atoms with Crippen LogP contribution in [0.25, 0.3) is 6.08 Å². The molecular formula is C14H20N2O3. The second-order valence-corrected chi connectivity index (χ2v) is 4.49. The van der Waals surface area contributed by atoms with Crippen LogP contribution >= 0.6 is 0 Å². The average molecular weight is 264 g/mol. The van der Waals surface area contributed by atoms with E-state index in [1.54, 1.807) is 7.11 Å². The molecule has 1 aromatic carbocycles. The zero-order valence-corrected chi connectivity index (χ0v) is 11.2. The maximum Gasteiger partial charge on any atom is 0.290 e. The van der Waals surface area contributed by atoms with Crippen molar-refractivity contribution in [1.82, 2.24) is 0 Å². The largest absolute Gasteiger partial charge is 0.495 e. The number of benzene rings is 1. The van der Waals surface area contributed by atoms with Crippen molar-refractivity contribution in [2.75, 3.05) is 12.8 Å². The molecule has 0 spiro atoms. The Balaban J connectivity index is 0.000000550. The zero-order chi connectivity index (χ0) is 14.4. The number of hydrogen-bond acceptors (Lipinski definition) is 4. The lowest BCUT2D eigenvalue weighted by Gasteiger charge is -2.10. The molecule has 0 saturated heterocycles. The summed E-state index contributed by atoms with van der Waals surface area (Å²) in [5.74, 6) is 1.28. The summed E-state index contributed by atoms with van der Waals surface area (Å²) >= 11 is 0. The van der Waals surface area contributed by atoms with Crippen molar-refractivity contribution in [3.63, 3.8) is 0 Å². The molecule has 1 saturated carbocycles. The summed E-state index contributed by atoms with van der Waals surface area (Å²) in [4.78, 5) is 8.36. The van der Waals surface area contributed by atoms with Crippen LogP contribution in [0.3, 0.4) is 0 Å². The zero-order valence-electron chi connectivity index (χ0n) is 11.2. The van der Waals surface area contributed by atoms with E-state index in [0.29, 0.717) is 11.6 Å². The van der Waals surface area contributed by atoms with Gasteiger partial charge in [0.2, 0.25) is 0 Å². The number of nitrogens with two attached hydrogens (primary N) is 2. The molecule has 0 aromatic heterocycles. The summed E-state index contributed by atoms with van der Waals surface area (Å²) in [7, 11) is 1.63. The van der Waals surface area contributed by atoms with Gasteiger partial charge in [0.1, 0.15) is 5.75 Å². The van der Waals surface area contributed by atoms with Gasteiger partial charge in [-0.25, -0.2) is 0 Å². The Kier molecular flexibility index (Phi) is 5.23. The summed E-state index contributed by atoms with van der Waals surface area (Å²) in [5, 5.41) is 6.89. The number of aryl methyl sites for hydroxylation is 1. The molecule has 19 heavy (non-hydrogen) atoms. The van der Waals surface area contributed by atoms with Crippen LogP contribution in [0.4, 0.5) is 5.69 Å². The average Bonchev–Trinajstić information content (AvgIpc) is 3.18. The highest BCUT2D eigenvalue weighted by atomic mass is 16.5. The molecule has 5 heteroatoms. The van der Waals surface area contributed by atoms with Gasteiger partial charge < -0.3 is 21.3 Å². The minimum absolute atomic E-state index is 0.250. The second kappa shape index (κ2) is 6.68. The Morgan fingerprint density at radius 1 is 1.47 bits per heavy atom. The number of anilines is 1. The standard InChI is InChI=1S/C13H18N2O.CH2O2/c1-8-5-10(7-11(14)9-3-4-9)13(15)12(6-8)16-2;2-1-3/h5-7,9H,3-4,14-15H2,1-2H3;1H,(H,2,3)/b11-7-;. The second-order valence-electron chi connectivity index (χ2n) is 4.49. The third kappa shape index (κ3) is 4.21. The molecule has 0 aliphatic heterocycles. The van der Waals surface area contributed by atoms with Crippen LogP contribution in [-0.4, -0.2) is 18.7 Å². The van der Waals surface area contributed by atoms with Gasteiger partial charge in [-0.1, -0.05) is 0 Å². The number of allylic oxidation sites excluding steroid dienone is 1. The van der Waals surface area contributed by atoms with E-state index in [2.05, 4.69) is 0 Å². The first-order chi connectivity index (χ1) is 9.03. The number of rotatable bonds is 3. The molecule has 0 unspecified atom stereocenters. The van der Waals surface area contributed by atoms with E-state index in [0.717, 1.165) is 22.6 Å². The Morgan fingerprint density at radius 2 is 2.05 bits per heavy atom. The molecular weight excluding hydrogens is 244 g/mol. The number of hydrogen-bond donors (Lipinski definition) is 3. The molecule has 5 N–H and O–H groups in total. The van der Waals surface area contributed by atoms with Gasteiger partial charge in [0.15, 0.2) is 0 Å². The molecule has 0 amide bonds. The molecule has 1 aliphatic carbocycles. The topological polar surface area (TPSA) is 98.6 Å². The molecule has 1 aliphatic rings. The van der Waals surface area contributed by atoms with Gasteiger partial charge >= 0.3 is 0 Å². The minimum atomic E-state index is -0.250. The number of carbonyl (C=O) groups is 1. The molecule has 0 atom stereocenters. The van der Waals surface area contributed by atoms with E-state index in [1.807, 2.05) is 25.1 Å². The quantitative estimate of drug-likeness (QED) is 0.573. The molecule has 5 nitrogen and oxygen atoms in total. The molecule has 0 heterocycles. The van der Waals surface area contributed by atoms with Crippen molar-refractivity contribution in [2.45, 2.75) is 19.8 Å². The van der Waals surface area contributed by atoms with Gasteiger partial charge in [-0.15, -0.1) is 0 Å². The smallest absolute Gasteiger partial charge is 0.290 e. The van der Waals surface area contributed by atoms with Gasteiger partial charge in [-0.3, -0.25) is 4.79 Å². The monoisotopic (exact) mass is 264 g/mol. The Morgan fingerprint density at radius 3 is 2.53 bits per heavy atom. The van der Waals surface area contributed by atoms with Crippen molar-refractivity contribution < 1.29 is 14.6 Å². The van der Waals surface area contributed by atoms with Crippen molar-refractivity contribution in [1.29, 1.82) is 0 Å². The minimum Gasteiger partial charge on any atom is -0.495 e. The maximum absolute atomic E-state index is 8.36. The Hall–Kier alpha value is -2.17. The lowest BCUT2D eigenvalue weighted by molar-refractivity contribution is -0.122. The van der Waals surface area contributed by atoms with Gasteiger partial charge in [0.25, 0.3) is 6.47 Å². The van der Waals surface area contributed by atoms with E-state index >= 15 is 0 Å².